The molecule has 0 spiro atoms. The molecule has 0 bridgehead atoms. The zero-order chi connectivity index (χ0) is 21.6. The standard InChI is InChI=1S/C25H32N2.C2H6/c1-6-19(4)16-22(8-3)25-11-9-10-24(27-25)14-15-26-18-23-13-12-20(5)17-21(23)7-2;1-2/h6,8-13,16-17,26H,3,7,14-15,18H2,1-2,4-5H3;1-2H3/b19-6-,22-16+;. The number of hydrogen-bond acceptors (Lipinski definition) is 2. The number of benzene rings is 1. The summed E-state index contributed by atoms with van der Waals surface area (Å²) in [6.07, 6.45) is 8.08. The molecule has 1 heterocycles. The molecular formula is C27H38N2. The van der Waals surface area contributed by atoms with Crippen LogP contribution < -0.4 is 5.32 Å². The molecule has 2 rings (SSSR count). The Morgan fingerprint density at radius 3 is 2.55 bits per heavy atom. The predicted octanol–water partition coefficient (Wildman–Crippen LogP) is 6.85. The maximum atomic E-state index is 4.81. The van der Waals surface area contributed by atoms with Crippen molar-refractivity contribution in [1.82, 2.24) is 10.3 Å². The second kappa shape index (κ2) is 13.7. The number of allylic oxidation sites excluding steroid dienone is 5. The predicted molar refractivity (Wildman–Crippen MR) is 129 cm³/mol. The molecule has 0 aliphatic carbocycles. The quantitative estimate of drug-likeness (QED) is 0.374. The summed E-state index contributed by atoms with van der Waals surface area (Å²) in [5.74, 6) is 0. The van der Waals surface area contributed by atoms with E-state index in [1.54, 1.807) is 0 Å². The van der Waals surface area contributed by atoms with E-state index in [2.05, 4.69) is 75.2 Å². The van der Waals surface area contributed by atoms with E-state index in [-0.39, 0.29) is 0 Å². The Morgan fingerprint density at radius 1 is 1.14 bits per heavy atom. The number of rotatable bonds is 9. The average Bonchev–Trinajstić information content (AvgIpc) is 2.77. The lowest BCUT2D eigenvalue weighted by Crippen LogP contribution is -2.18. The molecule has 0 radical (unpaired) electrons. The largest absolute Gasteiger partial charge is 0.312 e. The van der Waals surface area contributed by atoms with Crippen LogP contribution in [0.4, 0.5) is 0 Å². The first kappa shape index (κ1) is 24.6. The summed E-state index contributed by atoms with van der Waals surface area (Å²) in [5, 5.41) is 3.56. The zero-order valence-corrected chi connectivity index (χ0v) is 19.2. The molecule has 0 atom stereocenters. The van der Waals surface area contributed by atoms with Crippen LogP contribution in [0.15, 0.2) is 66.8 Å². The summed E-state index contributed by atoms with van der Waals surface area (Å²) in [5.41, 5.74) is 8.51. The highest BCUT2D eigenvalue weighted by Crippen LogP contribution is 2.16. The fourth-order valence-electron chi connectivity index (χ4n) is 3.04. The smallest absolute Gasteiger partial charge is 0.0705 e. The molecule has 0 saturated heterocycles. The zero-order valence-electron chi connectivity index (χ0n) is 19.2. The van der Waals surface area contributed by atoms with Gasteiger partial charge in [-0.2, -0.15) is 0 Å². The number of nitrogens with one attached hydrogen (secondary N) is 1. The average molecular weight is 391 g/mol. The number of aryl methyl sites for hydroxylation is 2. The molecule has 0 saturated carbocycles. The van der Waals surface area contributed by atoms with E-state index in [0.29, 0.717) is 0 Å². The monoisotopic (exact) mass is 390 g/mol. The van der Waals surface area contributed by atoms with Gasteiger partial charge in [0.1, 0.15) is 0 Å². The van der Waals surface area contributed by atoms with Crippen molar-refractivity contribution < 1.29 is 0 Å². The normalized spacial score (nSPS) is 11.7. The summed E-state index contributed by atoms with van der Waals surface area (Å²) in [4.78, 5) is 4.81. The Labute approximate surface area is 178 Å². The first-order chi connectivity index (χ1) is 14.1. The van der Waals surface area contributed by atoms with Crippen molar-refractivity contribution in [2.75, 3.05) is 6.54 Å². The second-order valence-electron chi connectivity index (χ2n) is 6.90. The van der Waals surface area contributed by atoms with Crippen molar-refractivity contribution in [2.45, 2.75) is 60.9 Å². The Balaban J connectivity index is 0.00000204. The van der Waals surface area contributed by atoms with E-state index in [1.807, 2.05) is 32.9 Å². The van der Waals surface area contributed by atoms with Gasteiger partial charge in [-0.15, -0.1) is 0 Å². The Bertz CT molecular complexity index is 828. The van der Waals surface area contributed by atoms with Gasteiger partial charge in [-0.05, 0) is 56.0 Å². The minimum Gasteiger partial charge on any atom is -0.312 e. The van der Waals surface area contributed by atoms with E-state index >= 15 is 0 Å². The van der Waals surface area contributed by atoms with Crippen molar-refractivity contribution in [2.24, 2.45) is 0 Å². The molecule has 2 nitrogen and oxygen atoms in total. The molecule has 156 valence electrons. The van der Waals surface area contributed by atoms with E-state index in [1.165, 1.54) is 22.3 Å². The van der Waals surface area contributed by atoms with Gasteiger partial charge in [0, 0.05) is 25.2 Å². The molecule has 1 aromatic heterocycles. The summed E-state index contributed by atoms with van der Waals surface area (Å²) >= 11 is 0. The van der Waals surface area contributed by atoms with Gasteiger partial charge in [-0.25, -0.2) is 0 Å². The van der Waals surface area contributed by atoms with Crippen molar-refractivity contribution in [1.29, 1.82) is 0 Å². The molecule has 0 aliphatic rings. The van der Waals surface area contributed by atoms with Crippen LogP contribution in [0.25, 0.3) is 5.57 Å². The highest BCUT2D eigenvalue weighted by molar-refractivity contribution is 5.73. The van der Waals surface area contributed by atoms with Crippen molar-refractivity contribution >= 4 is 5.57 Å². The highest BCUT2D eigenvalue weighted by Gasteiger charge is 2.04. The van der Waals surface area contributed by atoms with Gasteiger partial charge in [0.25, 0.3) is 0 Å². The Kier molecular flexibility index (Phi) is 11.6. The van der Waals surface area contributed by atoms with Crippen LogP contribution in [0.5, 0.6) is 0 Å². The maximum Gasteiger partial charge on any atom is 0.0705 e. The van der Waals surface area contributed by atoms with Gasteiger partial charge < -0.3 is 5.32 Å². The summed E-state index contributed by atoms with van der Waals surface area (Å²) in [6, 6.07) is 12.9. The fraction of sp³-hybridized carbons (Fsp3) is 0.370. The van der Waals surface area contributed by atoms with Crippen LogP contribution in [-0.4, -0.2) is 11.5 Å². The summed E-state index contributed by atoms with van der Waals surface area (Å²) < 4.78 is 0. The summed E-state index contributed by atoms with van der Waals surface area (Å²) in [7, 11) is 0. The van der Waals surface area contributed by atoms with Gasteiger partial charge in [0.2, 0.25) is 0 Å². The number of hydrogen-bond donors (Lipinski definition) is 1. The molecule has 29 heavy (non-hydrogen) atoms. The molecule has 2 heteroatoms. The van der Waals surface area contributed by atoms with Crippen LogP contribution in [0.3, 0.4) is 0 Å². The second-order valence-corrected chi connectivity index (χ2v) is 6.90. The van der Waals surface area contributed by atoms with Crippen LogP contribution in [0.2, 0.25) is 0 Å². The molecule has 0 amide bonds. The Morgan fingerprint density at radius 2 is 1.90 bits per heavy atom. The van der Waals surface area contributed by atoms with Crippen LogP contribution in [0.1, 0.15) is 62.7 Å². The maximum absolute atomic E-state index is 4.81. The van der Waals surface area contributed by atoms with E-state index < -0.39 is 0 Å². The topological polar surface area (TPSA) is 24.9 Å². The number of pyridine rings is 1. The van der Waals surface area contributed by atoms with E-state index in [4.69, 9.17) is 4.98 Å². The third kappa shape index (κ3) is 8.21. The molecule has 0 unspecified atom stereocenters. The first-order valence-corrected chi connectivity index (χ1v) is 10.8. The molecule has 1 aromatic carbocycles. The van der Waals surface area contributed by atoms with Gasteiger partial charge in [0.15, 0.2) is 0 Å². The highest BCUT2D eigenvalue weighted by atomic mass is 14.9. The minimum absolute atomic E-state index is 0.904. The lowest BCUT2D eigenvalue weighted by molar-refractivity contribution is 0.675. The molecule has 2 aromatic rings. The number of aromatic nitrogens is 1. The molecule has 1 N–H and O–H groups in total. The minimum atomic E-state index is 0.904. The third-order valence-corrected chi connectivity index (χ3v) is 4.78. The van der Waals surface area contributed by atoms with Crippen LogP contribution in [-0.2, 0) is 19.4 Å². The van der Waals surface area contributed by atoms with Crippen LogP contribution >= 0.6 is 0 Å². The summed E-state index contributed by atoms with van der Waals surface area (Å²) in [6.45, 7) is 18.3. The lowest BCUT2D eigenvalue weighted by atomic mass is 10.0. The van der Waals surface area contributed by atoms with Gasteiger partial charge in [-0.1, -0.05) is 81.0 Å². The number of nitrogens with zero attached hydrogens (tertiary/aromatic N) is 1. The lowest BCUT2D eigenvalue weighted by Gasteiger charge is -2.11. The SMILES string of the molecule is C=C/C(=C\C(C)=C/C)c1cccc(CCNCc2ccc(C)cc2CC)n1.CC. The first-order valence-electron chi connectivity index (χ1n) is 10.8. The van der Waals surface area contributed by atoms with Crippen molar-refractivity contribution in [3.05, 3.63) is 94.9 Å². The third-order valence-electron chi connectivity index (χ3n) is 4.78. The van der Waals surface area contributed by atoms with Gasteiger partial charge in [-0.3, -0.25) is 4.98 Å². The molecule has 0 aliphatic heterocycles. The van der Waals surface area contributed by atoms with Crippen LogP contribution in [0, 0.1) is 6.92 Å². The Hall–Kier alpha value is -2.45. The van der Waals surface area contributed by atoms with E-state index in [9.17, 15) is 0 Å². The molecular weight excluding hydrogens is 352 g/mol. The molecule has 0 fully saturated rings. The van der Waals surface area contributed by atoms with E-state index in [0.717, 1.165) is 42.9 Å². The van der Waals surface area contributed by atoms with Crippen molar-refractivity contribution in [3.8, 4) is 0 Å². The van der Waals surface area contributed by atoms with Crippen molar-refractivity contribution in [3.63, 3.8) is 0 Å². The van der Waals surface area contributed by atoms with Gasteiger partial charge in [0.05, 0.1) is 5.69 Å². The van der Waals surface area contributed by atoms with Gasteiger partial charge >= 0.3 is 0 Å². The fourth-order valence-corrected chi connectivity index (χ4v) is 3.04.